The predicted molar refractivity (Wildman–Crippen MR) is 101 cm³/mol. The zero-order valence-corrected chi connectivity index (χ0v) is 15.7. The van der Waals surface area contributed by atoms with Gasteiger partial charge in [-0.25, -0.2) is 4.98 Å². The Morgan fingerprint density at radius 3 is 2.64 bits per heavy atom. The Balaban J connectivity index is 1.57. The van der Waals surface area contributed by atoms with Gasteiger partial charge < -0.3 is 14.6 Å². The second-order valence-electron chi connectivity index (χ2n) is 6.91. The Labute approximate surface area is 162 Å². The van der Waals surface area contributed by atoms with Gasteiger partial charge in [0, 0.05) is 18.2 Å². The minimum atomic E-state index is -0.326. The number of nitrogens with one attached hydrogen (secondary N) is 2. The average molecular weight is 379 g/mol. The van der Waals surface area contributed by atoms with Gasteiger partial charge in [-0.05, 0) is 38.5 Å². The van der Waals surface area contributed by atoms with Crippen LogP contribution in [0.4, 0.5) is 0 Å². The molecule has 4 rings (SSSR count). The zero-order valence-electron chi connectivity index (χ0n) is 15.7. The highest BCUT2D eigenvalue weighted by Gasteiger charge is 2.40. The van der Waals surface area contributed by atoms with Gasteiger partial charge in [0.25, 0.3) is 11.8 Å². The summed E-state index contributed by atoms with van der Waals surface area (Å²) in [6.45, 7) is 3.94. The van der Waals surface area contributed by atoms with E-state index in [1.54, 1.807) is 30.0 Å². The molecule has 1 saturated heterocycles. The number of likely N-dealkylation sites (tertiary alicyclic amines) is 1. The molecule has 144 valence electrons. The fourth-order valence-electron chi connectivity index (χ4n) is 3.54. The summed E-state index contributed by atoms with van der Waals surface area (Å²) in [5, 5.41) is 10.1. The zero-order chi connectivity index (χ0) is 19.7. The van der Waals surface area contributed by atoms with Gasteiger partial charge in [0.05, 0.1) is 17.9 Å². The number of hydrogen-bond acceptors (Lipinski definition) is 5. The van der Waals surface area contributed by atoms with E-state index >= 15 is 0 Å². The first-order chi connectivity index (χ1) is 13.5. The van der Waals surface area contributed by atoms with Crippen molar-refractivity contribution in [1.29, 1.82) is 0 Å². The predicted octanol–water partition coefficient (Wildman–Crippen LogP) is 2.40. The van der Waals surface area contributed by atoms with Gasteiger partial charge in [0.15, 0.2) is 5.82 Å². The Kier molecular flexibility index (Phi) is 4.68. The second-order valence-corrected chi connectivity index (χ2v) is 6.91. The van der Waals surface area contributed by atoms with E-state index in [4.69, 9.17) is 4.42 Å². The lowest BCUT2D eigenvalue weighted by Gasteiger charge is -2.22. The number of aryl methyl sites for hydroxylation is 2. The molecule has 8 nitrogen and oxygen atoms in total. The smallest absolute Gasteiger partial charge is 0.258 e. The van der Waals surface area contributed by atoms with Crippen LogP contribution in [0.25, 0.3) is 0 Å². The average Bonchev–Trinajstić information content (AvgIpc) is 3.42. The molecule has 0 radical (unpaired) electrons. The number of aromatic nitrogens is 3. The summed E-state index contributed by atoms with van der Waals surface area (Å²) in [6.07, 6.45) is 2.04. The number of hydrogen-bond donors (Lipinski definition) is 2. The standard InChI is InChI=1S/C20H21N5O3/c1-12-16(8-9-28-12)20(27)25-11-15(10-17(25)18-21-13(2)23-24-18)22-19(26)14-6-4-3-5-7-14/h3-9,15,17H,10-11H2,1-2H3,(H,22,26)(H,21,23,24)/t15-,17-/m0/s1. The molecule has 0 unspecified atom stereocenters. The monoisotopic (exact) mass is 379 g/mol. The number of H-pyrrole nitrogens is 1. The van der Waals surface area contributed by atoms with Gasteiger partial charge in [-0.1, -0.05) is 18.2 Å². The van der Waals surface area contributed by atoms with E-state index < -0.39 is 0 Å². The van der Waals surface area contributed by atoms with Crippen LogP contribution >= 0.6 is 0 Å². The molecular formula is C20H21N5O3. The SMILES string of the molecule is Cc1nc([C@@H]2C[C@H](NC(=O)c3ccccc3)CN2C(=O)c2ccoc2C)n[nH]1. The number of furan rings is 1. The molecule has 0 bridgehead atoms. The summed E-state index contributed by atoms with van der Waals surface area (Å²) in [5.41, 5.74) is 1.09. The van der Waals surface area contributed by atoms with E-state index in [9.17, 15) is 9.59 Å². The number of rotatable bonds is 4. The van der Waals surface area contributed by atoms with Crippen molar-refractivity contribution in [2.24, 2.45) is 0 Å². The lowest BCUT2D eigenvalue weighted by molar-refractivity contribution is 0.0722. The largest absolute Gasteiger partial charge is 0.469 e. The highest BCUT2D eigenvalue weighted by Crippen LogP contribution is 2.32. The van der Waals surface area contributed by atoms with Crippen LogP contribution in [0.5, 0.6) is 0 Å². The Hall–Kier alpha value is -3.42. The molecule has 2 N–H and O–H groups in total. The van der Waals surface area contributed by atoms with Crippen molar-refractivity contribution in [1.82, 2.24) is 25.4 Å². The maximum absolute atomic E-state index is 13.1. The lowest BCUT2D eigenvalue weighted by atomic mass is 10.1. The van der Waals surface area contributed by atoms with Gasteiger partial charge in [-0.15, -0.1) is 0 Å². The van der Waals surface area contributed by atoms with Crippen molar-refractivity contribution in [2.75, 3.05) is 6.54 Å². The number of carbonyl (C=O) groups is 2. The van der Waals surface area contributed by atoms with Crippen LogP contribution in [0.2, 0.25) is 0 Å². The lowest BCUT2D eigenvalue weighted by Crippen LogP contribution is -2.38. The van der Waals surface area contributed by atoms with E-state index in [-0.39, 0.29) is 23.9 Å². The fourth-order valence-corrected chi connectivity index (χ4v) is 3.54. The third-order valence-electron chi connectivity index (χ3n) is 4.93. The van der Waals surface area contributed by atoms with Crippen LogP contribution in [0.15, 0.2) is 47.1 Å². The molecule has 0 spiro atoms. The first-order valence-electron chi connectivity index (χ1n) is 9.13. The molecule has 1 aromatic carbocycles. The summed E-state index contributed by atoms with van der Waals surface area (Å²) in [5.74, 6) is 1.47. The minimum Gasteiger partial charge on any atom is -0.469 e. The van der Waals surface area contributed by atoms with Crippen molar-refractivity contribution in [3.05, 3.63) is 71.2 Å². The van der Waals surface area contributed by atoms with Crippen molar-refractivity contribution in [3.63, 3.8) is 0 Å². The van der Waals surface area contributed by atoms with Crippen molar-refractivity contribution < 1.29 is 14.0 Å². The molecule has 8 heteroatoms. The van der Waals surface area contributed by atoms with Crippen molar-refractivity contribution in [2.45, 2.75) is 32.4 Å². The summed E-state index contributed by atoms with van der Waals surface area (Å²) < 4.78 is 5.28. The number of amides is 2. The first kappa shape index (κ1) is 18.0. The van der Waals surface area contributed by atoms with E-state index in [0.29, 0.717) is 41.5 Å². The van der Waals surface area contributed by atoms with E-state index in [2.05, 4.69) is 20.5 Å². The van der Waals surface area contributed by atoms with E-state index in [0.717, 1.165) is 0 Å². The molecule has 2 atom stereocenters. The number of aromatic amines is 1. The minimum absolute atomic E-state index is 0.157. The van der Waals surface area contributed by atoms with E-state index in [1.165, 1.54) is 6.26 Å². The van der Waals surface area contributed by atoms with Gasteiger partial charge >= 0.3 is 0 Å². The van der Waals surface area contributed by atoms with Gasteiger partial charge in [-0.2, -0.15) is 5.10 Å². The molecule has 2 amide bonds. The third-order valence-corrected chi connectivity index (χ3v) is 4.93. The molecule has 1 aliphatic heterocycles. The topological polar surface area (TPSA) is 104 Å². The third kappa shape index (κ3) is 3.40. The van der Waals surface area contributed by atoms with Crippen LogP contribution in [-0.4, -0.2) is 44.5 Å². The molecule has 0 saturated carbocycles. The molecule has 3 aromatic rings. The maximum Gasteiger partial charge on any atom is 0.258 e. The van der Waals surface area contributed by atoms with Crippen molar-refractivity contribution >= 4 is 11.8 Å². The number of benzene rings is 1. The molecule has 3 heterocycles. The summed E-state index contributed by atoms with van der Waals surface area (Å²) in [4.78, 5) is 31.8. The normalized spacial score (nSPS) is 19.0. The van der Waals surface area contributed by atoms with Crippen LogP contribution in [0, 0.1) is 13.8 Å². The van der Waals surface area contributed by atoms with E-state index in [1.807, 2.05) is 25.1 Å². The highest BCUT2D eigenvalue weighted by atomic mass is 16.3. The Morgan fingerprint density at radius 2 is 2.00 bits per heavy atom. The molecular weight excluding hydrogens is 358 g/mol. The van der Waals surface area contributed by atoms with Crippen LogP contribution in [-0.2, 0) is 0 Å². The first-order valence-corrected chi connectivity index (χ1v) is 9.13. The van der Waals surface area contributed by atoms with Crippen LogP contribution in [0.1, 0.15) is 50.6 Å². The quantitative estimate of drug-likeness (QED) is 0.724. The Bertz CT molecular complexity index is 994. The molecule has 1 aliphatic rings. The summed E-state index contributed by atoms with van der Waals surface area (Å²) in [7, 11) is 0. The van der Waals surface area contributed by atoms with Crippen molar-refractivity contribution in [3.8, 4) is 0 Å². The highest BCUT2D eigenvalue weighted by molar-refractivity contribution is 5.96. The Morgan fingerprint density at radius 1 is 1.21 bits per heavy atom. The molecule has 0 aliphatic carbocycles. The summed E-state index contributed by atoms with van der Waals surface area (Å²) in [6, 6.07) is 10.2. The van der Waals surface area contributed by atoms with Gasteiger partial charge in [-0.3, -0.25) is 14.7 Å². The second kappa shape index (κ2) is 7.30. The number of carbonyl (C=O) groups excluding carboxylic acids is 2. The maximum atomic E-state index is 13.1. The molecule has 28 heavy (non-hydrogen) atoms. The van der Waals surface area contributed by atoms with Crippen LogP contribution in [0.3, 0.4) is 0 Å². The fraction of sp³-hybridized carbons (Fsp3) is 0.300. The summed E-state index contributed by atoms with van der Waals surface area (Å²) >= 11 is 0. The number of nitrogens with zero attached hydrogens (tertiary/aromatic N) is 3. The van der Waals surface area contributed by atoms with Crippen LogP contribution < -0.4 is 5.32 Å². The van der Waals surface area contributed by atoms with Gasteiger partial charge in [0.1, 0.15) is 11.6 Å². The van der Waals surface area contributed by atoms with Gasteiger partial charge in [0.2, 0.25) is 0 Å². The molecule has 2 aromatic heterocycles. The molecule has 1 fully saturated rings.